The second kappa shape index (κ2) is 8.85. The lowest BCUT2D eigenvalue weighted by atomic mass is 9.70. The Labute approximate surface area is 205 Å². The molecule has 0 spiro atoms. The SMILES string of the molecule is Cc1nc2nc(N[C@@H](C)c3cncc(F)c3)nc(C(=O)N3CC(CC(=O)C4CC(C)(F)C4)C3)c2s1. The lowest BCUT2D eigenvalue weighted by molar-refractivity contribution is -0.133. The fraction of sp³-hybridized carbons (Fsp3) is 0.500. The van der Waals surface area contributed by atoms with E-state index >= 15 is 0 Å². The van der Waals surface area contributed by atoms with Crippen LogP contribution in [0, 0.1) is 24.6 Å². The van der Waals surface area contributed by atoms with Crippen LogP contribution in [0.15, 0.2) is 18.5 Å². The molecule has 0 aromatic carbocycles. The van der Waals surface area contributed by atoms with E-state index in [1.807, 2.05) is 13.8 Å². The topological polar surface area (TPSA) is 101 Å². The van der Waals surface area contributed by atoms with Gasteiger partial charge in [0, 0.05) is 37.5 Å². The Kier molecular flexibility index (Phi) is 5.98. The van der Waals surface area contributed by atoms with Gasteiger partial charge in [0.2, 0.25) is 5.95 Å². The van der Waals surface area contributed by atoms with Gasteiger partial charge in [0.15, 0.2) is 11.3 Å². The van der Waals surface area contributed by atoms with Crippen LogP contribution in [0.2, 0.25) is 0 Å². The lowest BCUT2D eigenvalue weighted by Gasteiger charge is -2.42. The van der Waals surface area contributed by atoms with E-state index in [2.05, 4.69) is 25.3 Å². The second-order valence-electron chi connectivity index (χ2n) is 9.85. The molecule has 0 radical (unpaired) electrons. The Morgan fingerprint density at radius 2 is 2.00 bits per heavy atom. The highest BCUT2D eigenvalue weighted by Crippen LogP contribution is 2.42. The van der Waals surface area contributed by atoms with Crippen molar-refractivity contribution >= 4 is 39.3 Å². The molecule has 4 heterocycles. The van der Waals surface area contributed by atoms with Crippen LogP contribution in [-0.2, 0) is 4.79 Å². The fourth-order valence-electron chi connectivity index (χ4n) is 4.74. The van der Waals surface area contributed by atoms with Crippen LogP contribution >= 0.6 is 11.3 Å². The zero-order valence-electron chi connectivity index (χ0n) is 19.7. The number of carbonyl (C=O) groups excluding carboxylic acids is 2. The van der Waals surface area contributed by atoms with Crippen molar-refractivity contribution in [2.75, 3.05) is 18.4 Å². The molecule has 8 nitrogen and oxygen atoms in total. The molecule has 184 valence electrons. The number of anilines is 1. The van der Waals surface area contributed by atoms with E-state index in [1.165, 1.54) is 24.3 Å². The van der Waals surface area contributed by atoms with E-state index in [4.69, 9.17) is 0 Å². The number of likely N-dealkylation sites (tertiary alicyclic amines) is 1. The molecule has 1 saturated heterocycles. The highest BCUT2D eigenvalue weighted by atomic mass is 32.1. The molecule has 35 heavy (non-hydrogen) atoms. The Bertz CT molecular complexity index is 1300. The summed E-state index contributed by atoms with van der Waals surface area (Å²) in [6, 6.07) is 1.02. The maximum absolute atomic E-state index is 13.7. The van der Waals surface area contributed by atoms with Gasteiger partial charge >= 0.3 is 0 Å². The van der Waals surface area contributed by atoms with Crippen LogP contribution in [0.1, 0.15) is 60.2 Å². The third-order valence-electron chi connectivity index (χ3n) is 6.67. The Hall–Kier alpha value is -3.08. The molecule has 1 amide bonds. The van der Waals surface area contributed by atoms with E-state index in [9.17, 15) is 18.4 Å². The summed E-state index contributed by atoms with van der Waals surface area (Å²) in [5, 5.41) is 3.87. The summed E-state index contributed by atoms with van der Waals surface area (Å²) in [4.78, 5) is 44.6. The second-order valence-corrected chi connectivity index (χ2v) is 11.1. The highest BCUT2D eigenvalue weighted by Gasteiger charge is 2.45. The maximum Gasteiger partial charge on any atom is 0.274 e. The highest BCUT2D eigenvalue weighted by molar-refractivity contribution is 7.18. The van der Waals surface area contributed by atoms with Crippen molar-refractivity contribution in [1.82, 2.24) is 24.8 Å². The molecule has 3 aromatic heterocycles. The minimum Gasteiger partial charge on any atom is -0.348 e. The van der Waals surface area contributed by atoms with Gasteiger partial charge < -0.3 is 10.2 Å². The molecule has 1 saturated carbocycles. The minimum absolute atomic E-state index is 0.0801. The summed E-state index contributed by atoms with van der Waals surface area (Å²) in [5.74, 6) is -0.494. The zero-order valence-corrected chi connectivity index (χ0v) is 20.5. The van der Waals surface area contributed by atoms with Gasteiger partial charge in [0.1, 0.15) is 22.0 Å². The van der Waals surface area contributed by atoms with Crippen molar-refractivity contribution in [1.29, 1.82) is 0 Å². The van der Waals surface area contributed by atoms with Gasteiger partial charge in [-0.1, -0.05) is 0 Å². The number of nitrogens with zero attached hydrogens (tertiary/aromatic N) is 5. The van der Waals surface area contributed by atoms with Crippen molar-refractivity contribution in [3.8, 4) is 0 Å². The Morgan fingerprint density at radius 1 is 1.26 bits per heavy atom. The van der Waals surface area contributed by atoms with Crippen molar-refractivity contribution in [3.05, 3.63) is 40.5 Å². The summed E-state index contributed by atoms with van der Waals surface area (Å²) >= 11 is 1.35. The number of hydrogen-bond acceptors (Lipinski definition) is 8. The first kappa shape index (κ1) is 23.7. The summed E-state index contributed by atoms with van der Waals surface area (Å²) in [7, 11) is 0. The molecule has 1 atom stereocenters. The number of rotatable bonds is 7. The molecule has 0 unspecified atom stereocenters. The number of Topliss-reactive ketones (excluding diaryl/α,β-unsaturated/α-hetero) is 1. The number of fused-ring (bicyclic) bond motifs is 1. The van der Waals surface area contributed by atoms with Gasteiger partial charge in [-0.05, 0) is 45.2 Å². The Morgan fingerprint density at radius 3 is 2.69 bits per heavy atom. The third kappa shape index (κ3) is 4.86. The van der Waals surface area contributed by atoms with Gasteiger partial charge in [-0.2, -0.15) is 4.98 Å². The predicted molar refractivity (Wildman–Crippen MR) is 127 cm³/mol. The largest absolute Gasteiger partial charge is 0.348 e. The molecule has 5 rings (SSSR count). The summed E-state index contributed by atoms with van der Waals surface area (Å²) in [5.41, 5.74) is 0.0709. The quantitative estimate of drug-likeness (QED) is 0.517. The molecule has 2 aliphatic rings. The van der Waals surface area contributed by atoms with Crippen molar-refractivity contribution in [2.24, 2.45) is 11.8 Å². The normalized spacial score (nSPS) is 23.0. The first-order chi connectivity index (χ1) is 16.6. The van der Waals surface area contributed by atoms with E-state index in [0.29, 0.717) is 48.3 Å². The third-order valence-corrected chi connectivity index (χ3v) is 7.64. The first-order valence-corrected chi connectivity index (χ1v) is 12.4. The van der Waals surface area contributed by atoms with Crippen LogP contribution in [0.3, 0.4) is 0 Å². The summed E-state index contributed by atoms with van der Waals surface area (Å²) in [6.45, 7) is 6.11. The van der Waals surface area contributed by atoms with Crippen molar-refractivity contribution < 1.29 is 18.4 Å². The van der Waals surface area contributed by atoms with Crippen LogP contribution in [-0.4, -0.2) is 55.3 Å². The summed E-state index contributed by atoms with van der Waals surface area (Å²) in [6.07, 6.45) is 3.65. The smallest absolute Gasteiger partial charge is 0.274 e. The average molecular weight is 501 g/mol. The average Bonchev–Trinajstić information content (AvgIpc) is 3.13. The van der Waals surface area contributed by atoms with Crippen LogP contribution in [0.5, 0.6) is 0 Å². The molecule has 11 heteroatoms. The molecule has 0 bridgehead atoms. The summed E-state index contributed by atoms with van der Waals surface area (Å²) < 4.78 is 27.9. The molecule has 1 N–H and O–H groups in total. The number of nitrogens with one attached hydrogen (secondary N) is 1. The predicted octanol–water partition coefficient (Wildman–Crippen LogP) is 4.27. The van der Waals surface area contributed by atoms with Crippen molar-refractivity contribution in [2.45, 2.75) is 51.7 Å². The van der Waals surface area contributed by atoms with E-state index in [0.717, 1.165) is 11.2 Å². The van der Waals surface area contributed by atoms with Gasteiger partial charge in [-0.15, -0.1) is 11.3 Å². The minimum atomic E-state index is -1.22. The fourth-order valence-corrected chi connectivity index (χ4v) is 5.58. The van der Waals surface area contributed by atoms with E-state index in [1.54, 1.807) is 11.1 Å². The van der Waals surface area contributed by atoms with Crippen LogP contribution in [0.25, 0.3) is 10.3 Å². The molecule has 2 fully saturated rings. The van der Waals surface area contributed by atoms with Crippen LogP contribution < -0.4 is 5.32 Å². The standard InChI is InChI=1S/C24H26F2N6O2S/c1-12(15-5-17(25)9-27-8-15)28-23-30-19(20-21(31-23)29-13(2)35-20)22(34)32-10-14(11-32)4-18(33)16-6-24(3,26)7-16/h5,8-9,12,14,16H,4,6-7,10-11H2,1-3H3,(H,28,30,31)/t12-,16?,24?/m0/s1. The van der Waals surface area contributed by atoms with Gasteiger partial charge in [0.05, 0.1) is 17.2 Å². The number of ketones is 1. The molecule has 3 aromatic rings. The Balaban J connectivity index is 1.29. The number of aromatic nitrogens is 4. The van der Waals surface area contributed by atoms with Gasteiger partial charge in [0.25, 0.3) is 5.91 Å². The van der Waals surface area contributed by atoms with E-state index in [-0.39, 0.29) is 41.2 Å². The van der Waals surface area contributed by atoms with Crippen molar-refractivity contribution in [3.63, 3.8) is 0 Å². The number of hydrogen-bond donors (Lipinski definition) is 1. The molecular weight excluding hydrogens is 474 g/mol. The molecule has 1 aliphatic carbocycles. The number of pyridine rings is 1. The number of amides is 1. The lowest BCUT2D eigenvalue weighted by Crippen LogP contribution is -2.52. The van der Waals surface area contributed by atoms with Gasteiger partial charge in [-0.3, -0.25) is 14.6 Å². The number of carbonyl (C=O) groups is 2. The number of alkyl halides is 1. The first-order valence-electron chi connectivity index (χ1n) is 11.6. The number of thiazole rings is 1. The number of aryl methyl sites for hydroxylation is 1. The molecular formula is C24H26F2N6O2S. The monoisotopic (exact) mass is 500 g/mol. The van der Waals surface area contributed by atoms with Gasteiger partial charge in [-0.25, -0.2) is 18.7 Å². The number of halogens is 2. The van der Waals surface area contributed by atoms with E-state index < -0.39 is 11.5 Å². The van der Waals surface area contributed by atoms with Crippen LogP contribution in [0.4, 0.5) is 14.7 Å². The maximum atomic E-state index is 13.7. The molecule has 1 aliphatic heterocycles. The zero-order chi connectivity index (χ0) is 24.9.